The molecular formula is C27H30N3O7PS. The van der Waals surface area contributed by atoms with E-state index in [-0.39, 0.29) is 12.7 Å². The van der Waals surface area contributed by atoms with E-state index < -0.39 is 48.2 Å². The zero-order chi connectivity index (χ0) is 28.2. The maximum atomic E-state index is 12.6. The van der Waals surface area contributed by atoms with Crippen molar-refractivity contribution in [3.8, 4) is 18.1 Å². The molecule has 4 rings (SSSR count). The first kappa shape index (κ1) is 28.7. The van der Waals surface area contributed by atoms with Gasteiger partial charge in [-0.3, -0.25) is 19.1 Å². The predicted octanol–water partition coefficient (Wildman–Crippen LogP) is 3.48. The molecule has 5 unspecified atom stereocenters. The van der Waals surface area contributed by atoms with E-state index in [9.17, 15) is 14.4 Å². The van der Waals surface area contributed by atoms with Crippen LogP contribution < -0.4 is 20.9 Å². The summed E-state index contributed by atoms with van der Waals surface area (Å²) in [5.41, 5.74) is -1.15. The van der Waals surface area contributed by atoms with Crippen molar-refractivity contribution in [2.24, 2.45) is 5.92 Å². The lowest BCUT2D eigenvalue weighted by Gasteiger charge is -2.28. The number of hydrogen-bond acceptors (Lipinski definition) is 8. The van der Waals surface area contributed by atoms with Crippen LogP contribution in [0.1, 0.15) is 33.4 Å². The fraction of sp³-hybridized carbons (Fsp3) is 0.370. The lowest BCUT2D eigenvalue weighted by Crippen LogP contribution is -2.36. The molecule has 3 aromatic rings. The predicted molar refractivity (Wildman–Crippen MR) is 151 cm³/mol. The Morgan fingerprint density at radius 2 is 1.97 bits per heavy atom. The molecule has 0 bridgehead atoms. The minimum Gasteiger partial charge on any atom is -0.462 e. The molecule has 0 spiro atoms. The average Bonchev–Trinajstić information content (AvgIpc) is 3.30. The van der Waals surface area contributed by atoms with Gasteiger partial charge in [-0.2, -0.15) is 0 Å². The molecule has 2 aromatic carbocycles. The van der Waals surface area contributed by atoms with Gasteiger partial charge in [0.2, 0.25) is 0 Å². The van der Waals surface area contributed by atoms with Crippen LogP contribution in [0.2, 0.25) is 0 Å². The number of carbonyl (C=O) groups is 1. The first-order valence-electron chi connectivity index (χ1n) is 12.4. The monoisotopic (exact) mass is 571 g/mol. The molecule has 39 heavy (non-hydrogen) atoms. The summed E-state index contributed by atoms with van der Waals surface area (Å²) in [6.45, 7) is 1.77. The highest BCUT2D eigenvalue weighted by Crippen LogP contribution is 2.48. The first-order valence-corrected chi connectivity index (χ1v) is 15.1. The lowest BCUT2D eigenvalue weighted by molar-refractivity contribution is -0.149. The maximum Gasteiger partial charge on any atom is 0.330 e. The second kappa shape index (κ2) is 12.3. The van der Waals surface area contributed by atoms with Gasteiger partial charge < -0.3 is 18.5 Å². The quantitative estimate of drug-likeness (QED) is 0.214. The Morgan fingerprint density at radius 1 is 1.23 bits per heavy atom. The molecule has 206 valence electrons. The fourth-order valence-electron chi connectivity index (χ4n) is 4.19. The number of hydrogen-bond donors (Lipinski definition) is 2. The SMILES string of the molecule is C#CC1CC(COP(=S)(NC(C)C(=O)OC(C)C)Oc2cccc3ccccc23)OC1n1ccc(=O)[nH]c1=O. The van der Waals surface area contributed by atoms with Gasteiger partial charge in [-0.25, -0.2) is 9.88 Å². The van der Waals surface area contributed by atoms with Crippen LogP contribution in [0.4, 0.5) is 0 Å². The van der Waals surface area contributed by atoms with Crippen LogP contribution in [0.15, 0.2) is 64.3 Å². The van der Waals surface area contributed by atoms with Gasteiger partial charge in [0.25, 0.3) is 5.56 Å². The summed E-state index contributed by atoms with van der Waals surface area (Å²) in [6.07, 6.45) is 5.81. The van der Waals surface area contributed by atoms with Crippen molar-refractivity contribution >= 4 is 35.2 Å². The van der Waals surface area contributed by atoms with Crippen molar-refractivity contribution in [2.45, 2.75) is 51.7 Å². The lowest BCUT2D eigenvalue weighted by atomic mass is 10.0. The molecule has 2 N–H and O–H groups in total. The summed E-state index contributed by atoms with van der Waals surface area (Å²) < 4.78 is 25.1. The van der Waals surface area contributed by atoms with Gasteiger partial charge in [-0.1, -0.05) is 42.3 Å². The molecule has 0 amide bonds. The highest BCUT2D eigenvalue weighted by Gasteiger charge is 2.38. The Bertz CT molecular complexity index is 1540. The zero-order valence-corrected chi connectivity index (χ0v) is 23.4. The van der Waals surface area contributed by atoms with E-state index in [2.05, 4.69) is 16.0 Å². The molecule has 1 aliphatic heterocycles. The van der Waals surface area contributed by atoms with E-state index in [0.717, 1.165) is 10.8 Å². The third kappa shape index (κ3) is 7.04. The van der Waals surface area contributed by atoms with Gasteiger partial charge in [0.05, 0.1) is 24.7 Å². The first-order chi connectivity index (χ1) is 18.6. The summed E-state index contributed by atoms with van der Waals surface area (Å²) in [5, 5.41) is 4.82. The van der Waals surface area contributed by atoms with Crippen LogP contribution >= 0.6 is 6.64 Å². The van der Waals surface area contributed by atoms with Crippen molar-refractivity contribution in [1.29, 1.82) is 0 Å². The number of fused-ring (bicyclic) bond motifs is 1. The van der Waals surface area contributed by atoms with Crippen LogP contribution in [0.5, 0.6) is 5.75 Å². The Kier molecular flexibility index (Phi) is 9.05. The number of ether oxygens (including phenoxy) is 2. The fourth-order valence-corrected chi connectivity index (χ4v) is 6.63. The van der Waals surface area contributed by atoms with Gasteiger partial charge in [-0.05, 0) is 50.5 Å². The summed E-state index contributed by atoms with van der Waals surface area (Å²) in [4.78, 5) is 38.6. The van der Waals surface area contributed by atoms with E-state index in [1.807, 2.05) is 36.4 Å². The molecule has 0 saturated carbocycles. The van der Waals surface area contributed by atoms with Crippen LogP contribution in [0, 0.1) is 18.3 Å². The van der Waals surface area contributed by atoms with Gasteiger partial charge >= 0.3 is 18.3 Å². The molecule has 5 atom stereocenters. The second-order valence-corrected chi connectivity index (χ2v) is 12.5. The summed E-state index contributed by atoms with van der Waals surface area (Å²) in [7, 11) is 0. The van der Waals surface area contributed by atoms with Crippen LogP contribution in [-0.4, -0.2) is 40.4 Å². The number of H-pyrrole nitrogens is 1. The van der Waals surface area contributed by atoms with E-state index in [0.29, 0.717) is 12.2 Å². The van der Waals surface area contributed by atoms with Gasteiger partial charge in [0.15, 0.2) is 6.23 Å². The highest BCUT2D eigenvalue weighted by molar-refractivity contribution is 8.09. The molecule has 1 saturated heterocycles. The minimum absolute atomic E-state index is 0.0201. The topological polar surface area (TPSA) is 121 Å². The number of rotatable bonds is 10. The normalized spacial score (nSPS) is 21.3. The van der Waals surface area contributed by atoms with Crippen molar-refractivity contribution in [1.82, 2.24) is 14.6 Å². The Hall–Kier alpha value is -3.26. The number of benzene rings is 2. The molecule has 1 aliphatic rings. The molecule has 1 aromatic heterocycles. The Morgan fingerprint density at radius 3 is 2.69 bits per heavy atom. The van der Waals surface area contributed by atoms with Crippen molar-refractivity contribution in [3.05, 3.63) is 75.6 Å². The van der Waals surface area contributed by atoms with E-state index in [4.69, 9.17) is 36.8 Å². The third-order valence-electron chi connectivity index (χ3n) is 5.99. The molecule has 1 fully saturated rings. The van der Waals surface area contributed by atoms with Crippen LogP contribution in [0.3, 0.4) is 0 Å². The van der Waals surface area contributed by atoms with Crippen molar-refractivity contribution in [3.63, 3.8) is 0 Å². The van der Waals surface area contributed by atoms with Gasteiger partial charge in [-0.15, -0.1) is 6.42 Å². The van der Waals surface area contributed by atoms with Crippen molar-refractivity contribution < 1.29 is 23.3 Å². The number of carbonyl (C=O) groups excluding carboxylic acids is 1. The van der Waals surface area contributed by atoms with E-state index >= 15 is 0 Å². The molecule has 2 heterocycles. The van der Waals surface area contributed by atoms with Crippen LogP contribution in [0.25, 0.3) is 10.8 Å². The number of nitrogens with one attached hydrogen (secondary N) is 2. The molecule has 0 radical (unpaired) electrons. The summed E-state index contributed by atoms with van der Waals surface area (Å²) >= 11 is 5.86. The number of aromatic nitrogens is 2. The molecule has 10 nitrogen and oxygen atoms in total. The number of terminal acetylenes is 1. The highest BCUT2D eigenvalue weighted by atomic mass is 32.5. The third-order valence-corrected chi connectivity index (χ3v) is 8.47. The van der Waals surface area contributed by atoms with Crippen LogP contribution in [-0.2, 0) is 30.6 Å². The minimum atomic E-state index is -3.35. The summed E-state index contributed by atoms with van der Waals surface area (Å²) in [6, 6.07) is 13.7. The van der Waals surface area contributed by atoms with Gasteiger partial charge in [0, 0.05) is 17.6 Å². The van der Waals surface area contributed by atoms with E-state index in [1.165, 1.54) is 16.8 Å². The smallest absolute Gasteiger partial charge is 0.330 e. The second-order valence-electron chi connectivity index (χ2n) is 9.37. The largest absolute Gasteiger partial charge is 0.462 e. The zero-order valence-electron chi connectivity index (χ0n) is 21.7. The standard InChI is InChI=1S/C27H30N3O7PS/c1-5-19-15-21(36-25(19)30-14-13-24(31)28-27(30)33)16-34-38(39,29-18(4)26(32)35-17(2)3)37-23-12-8-10-20-9-6-7-11-22(20)23/h1,6-14,17-19,21,25H,15-16H2,2-4H3,(H,29,39)(H,28,31,33). The number of aromatic amines is 1. The number of nitrogens with zero attached hydrogens (tertiary/aromatic N) is 1. The molecular weight excluding hydrogens is 541 g/mol. The Labute approximate surface area is 230 Å². The average molecular weight is 572 g/mol. The Balaban J connectivity index is 1.56. The maximum absolute atomic E-state index is 12.6. The molecule has 12 heteroatoms. The van der Waals surface area contributed by atoms with E-state index in [1.54, 1.807) is 26.8 Å². The number of esters is 1. The van der Waals surface area contributed by atoms with Crippen molar-refractivity contribution in [2.75, 3.05) is 6.61 Å². The molecule has 0 aliphatic carbocycles. The van der Waals surface area contributed by atoms with Gasteiger partial charge in [0.1, 0.15) is 11.8 Å². The summed E-state index contributed by atoms with van der Waals surface area (Å²) in [5.74, 6) is 2.20.